The van der Waals surface area contributed by atoms with Crippen LogP contribution >= 0.6 is 34.8 Å². The Bertz CT molecular complexity index is 1400. The lowest BCUT2D eigenvalue weighted by atomic mass is 10.1. The van der Waals surface area contributed by atoms with Crippen LogP contribution in [0.1, 0.15) is 10.4 Å². The molecule has 0 bridgehead atoms. The minimum Gasteiger partial charge on any atom is -0.368 e. The molecule has 3 amide bonds. The first-order valence-corrected chi connectivity index (χ1v) is 12.7. The molecule has 2 aliphatic rings. The standard InChI is InChI=1S/C27H21Cl3N4O3/c28-20-7-4-8-21(22(20)29)34-26(36)23(30)24(27(34)37)31-18-11-9-17(10-12-18)25(35)33-15-13-32(14-16-33)19-5-2-1-3-6-19/h1-12,31H,13-16H2. The van der Waals surface area contributed by atoms with Gasteiger partial charge in [-0.1, -0.05) is 59.1 Å². The monoisotopic (exact) mass is 554 g/mol. The highest BCUT2D eigenvalue weighted by molar-refractivity contribution is 6.54. The van der Waals surface area contributed by atoms with Gasteiger partial charge in [0.2, 0.25) is 0 Å². The highest BCUT2D eigenvalue weighted by Crippen LogP contribution is 2.37. The highest BCUT2D eigenvalue weighted by atomic mass is 35.5. The van der Waals surface area contributed by atoms with Gasteiger partial charge in [0.25, 0.3) is 17.7 Å². The van der Waals surface area contributed by atoms with Gasteiger partial charge in [-0.05, 0) is 48.5 Å². The Morgan fingerprint density at radius 1 is 0.757 bits per heavy atom. The van der Waals surface area contributed by atoms with Gasteiger partial charge in [-0.2, -0.15) is 0 Å². The highest BCUT2D eigenvalue weighted by Gasteiger charge is 2.40. The summed E-state index contributed by atoms with van der Waals surface area (Å²) in [5, 5.41) is 2.92. The van der Waals surface area contributed by atoms with Crippen LogP contribution in [0.3, 0.4) is 0 Å². The Balaban J connectivity index is 1.25. The maximum Gasteiger partial charge on any atom is 0.283 e. The second-order valence-corrected chi connectivity index (χ2v) is 9.69. The molecule has 188 valence electrons. The predicted octanol–water partition coefficient (Wildman–Crippen LogP) is 5.39. The van der Waals surface area contributed by atoms with Crippen molar-refractivity contribution >= 4 is 69.6 Å². The van der Waals surface area contributed by atoms with Crippen LogP contribution in [0.15, 0.2) is 83.5 Å². The molecule has 1 fully saturated rings. The lowest BCUT2D eigenvalue weighted by Gasteiger charge is -2.36. The number of carbonyl (C=O) groups excluding carboxylic acids is 3. The third kappa shape index (κ3) is 4.90. The molecule has 2 aliphatic heterocycles. The summed E-state index contributed by atoms with van der Waals surface area (Å²) in [6.07, 6.45) is 0. The Morgan fingerprint density at radius 3 is 2.11 bits per heavy atom. The van der Waals surface area contributed by atoms with Crippen molar-refractivity contribution in [2.75, 3.05) is 41.3 Å². The molecule has 0 aliphatic carbocycles. The van der Waals surface area contributed by atoms with Crippen molar-refractivity contribution in [2.45, 2.75) is 0 Å². The third-order valence-corrected chi connectivity index (χ3v) is 7.45. The number of hydrogen-bond acceptors (Lipinski definition) is 5. The van der Waals surface area contributed by atoms with Gasteiger partial charge in [0.15, 0.2) is 0 Å². The van der Waals surface area contributed by atoms with E-state index < -0.39 is 11.8 Å². The number of nitrogens with zero attached hydrogens (tertiary/aromatic N) is 3. The molecule has 0 spiro atoms. The number of piperazine rings is 1. The normalized spacial score (nSPS) is 16.0. The van der Waals surface area contributed by atoms with E-state index in [1.54, 1.807) is 36.4 Å². The molecular weight excluding hydrogens is 535 g/mol. The minimum atomic E-state index is -0.709. The Hall–Kier alpha value is -3.52. The summed E-state index contributed by atoms with van der Waals surface area (Å²) in [4.78, 5) is 43.8. The topological polar surface area (TPSA) is 73.0 Å². The van der Waals surface area contributed by atoms with Gasteiger partial charge < -0.3 is 15.1 Å². The summed E-state index contributed by atoms with van der Waals surface area (Å²) in [6, 6.07) is 21.5. The molecule has 1 saturated heterocycles. The average molecular weight is 556 g/mol. The van der Waals surface area contributed by atoms with Crippen LogP contribution in [0, 0.1) is 0 Å². The fraction of sp³-hybridized carbons (Fsp3) is 0.148. The molecule has 0 unspecified atom stereocenters. The molecule has 10 heteroatoms. The van der Waals surface area contributed by atoms with E-state index in [-0.39, 0.29) is 32.4 Å². The van der Waals surface area contributed by atoms with Gasteiger partial charge in [-0.15, -0.1) is 0 Å². The number of amides is 3. The second kappa shape index (κ2) is 10.5. The number of nitrogens with one attached hydrogen (secondary N) is 1. The first-order chi connectivity index (χ1) is 17.8. The molecule has 3 aromatic carbocycles. The van der Waals surface area contributed by atoms with Crippen molar-refractivity contribution in [3.63, 3.8) is 0 Å². The predicted molar refractivity (Wildman–Crippen MR) is 146 cm³/mol. The molecule has 7 nitrogen and oxygen atoms in total. The van der Waals surface area contributed by atoms with Crippen LogP contribution < -0.4 is 15.1 Å². The van der Waals surface area contributed by atoms with Crippen molar-refractivity contribution in [1.82, 2.24) is 4.90 Å². The average Bonchev–Trinajstić information content (AvgIpc) is 3.14. The van der Waals surface area contributed by atoms with Gasteiger partial charge >= 0.3 is 0 Å². The fourth-order valence-electron chi connectivity index (χ4n) is 4.32. The maximum absolute atomic E-state index is 13.0. The van der Waals surface area contributed by atoms with E-state index in [9.17, 15) is 14.4 Å². The molecule has 1 N–H and O–H groups in total. The van der Waals surface area contributed by atoms with Crippen LogP contribution in [-0.2, 0) is 9.59 Å². The Kier molecular flexibility index (Phi) is 7.11. The number of halogens is 3. The summed E-state index contributed by atoms with van der Waals surface area (Å²) in [7, 11) is 0. The van der Waals surface area contributed by atoms with E-state index in [2.05, 4.69) is 22.3 Å². The van der Waals surface area contributed by atoms with Gasteiger partial charge in [0.1, 0.15) is 10.7 Å². The molecule has 5 rings (SSSR count). The van der Waals surface area contributed by atoms with Crippen LogP contribution in [-0.4, -0.2) is 48.8 Å². The zero-order chi connectivity index (χ0) is 26.1. The minimum absolute atomic E-state index is 0.0644. The summed E-state index contributed by atoms with van der Waals surface area (Å²) in [6.45, 7) is 2.75. The van der Waals surface area contributed by atoms with Crippen molar-refractivity contribution in [2.24, 2.45) is 0 Å². The molecule has 3 aromatic rings. The van der Waals surface area contributed by atoms with E-state index >= 15 is 0 Å². The number of imide groups is 1. The van der Waals surface area contributed by atoms with Gasteiger partial charge in [0, 0.05) is 43.1 Å². The Morgan fingerprint density at radius 2 is 1.43 bits per heavy atom. The first kappa shape index (κ1) is 25.1. The number of rotatable bonds is 5. The van der Waals surface area contributed by atoms with Gasteiger partial charge in [-0.25, -0.2) is 4.90 Å². The molecule has 2 heterocycles. The second-order valence-electron chi connectivity index (χ2n) is 8.52. The lowest BCUT2D eigenvalue weighted by Crippen LogP contribution is -2.48. The lowest BCUT2D eigenvalue weighted by molar-refractivity contribution is -0.120. The maximum atomic E-state index is 13.0. The van der Waals surface area contributed by atoms with Crippen molar-refractivity contribution in [3.05, 3.63) is 99.1 Å². The van der Waals surface area contributed by atoms with Crippen molar-refractivity contribution < 1.29 is 14.4 Å². The van der Waals surface area contributed by atoms with E-state index in [0.717, 1.165) is 23.7 Å². The first-order valence-electron chi connectivity index (χ1n) is 11.5. The number of benzene rings is 3. The molecule has 0 radical (unpaired) electrons. The smallest absolute Gasteiger partial charge is 0.283 e. The van der Waals surface area contributed by atoms with E-state index in [0.29, 0.717) is 24.3 Å². The molecule has 0 aromatic heterocycles. The molecule has 0 atom stereocenters. The zero-order valence-corrected chi connectivity index (χ0v) is 21.7. The SMILES string of the molecule is O=C(c1ccc(NC2=C(Cl)C(=O)N(c3cccc(Cl)c3Cl)C2=O)cc1)N1CCN(c2ccccc2)CC1. The zero-order valence-electron chi connectivity index (χ0n) is 19.5. The van der Waals surface area contributed by atoms with Gasteiger partial charge in [0.05, 0.1) is 15.7 Å². The quantitative estimate of drug-likeness (QED) is 0.427. The molecule has 37 heavy (non-hydrogen) atoms. The summed E-state index contributed by atoms with van der Waals surface area (Å²) in [5.41, 5.74) is 2.24. The number of para-hydroxylation sites is 1. The molecule has 0 saturated carbocycles. The van der Waals surface area contributed by atoms with Crippen molar-refractivity contribution in [3.8, 4) is 0 Å². The van der Waals surface area contributed by atoms with E-state index in [1.807, 2.05) is 23.1 Å². The molecular formula is C27H21Cl3N4O3. The van der Waals surface area contributed by atoms with Crippen molar-refractivity contribution in [1.29, 1.82) is 0 Å². The summed E-state index contributed by atoms with van der Waals surface area (Å²) in [5.74, 6) is -1.43. The largest absolute Gasteiger partial charge is 0.368 e. The summed E-state index contributed by atoms with van der Waals surface area (Å²) >= 11 is 18.5. The van der Waals surface area contributed by atoms with Crippen LogP contribution in [0.25, 0.3) is 0 Å². The number of anilines is 3. The van der Waals surface area contributed by atoms with E-state index in [1.165, 1.54) is 6.07 Å². The number of carbonyl (C=O) groups is 3. The third-order valence-electron chi connectivity index (χ3n) is 6.29. The van der Waals surface area contributed by atoms with E-state index in [4.69, 9.17) is 34.8 Å². The van der Waals surface area contributed by atoms with Gasteiger partial charge in [-0.3, -0.25) is 14.4 Å². The van der Waals surface area contributed by atoms with Crippen LogP contribution in [0.2, 0.25) is 10.0 Å². The summed E-state index contributed by atoms with van der Waals surface area (Å²) < 4.78 is 0. The van der Waals surface area contributed by atoms with Crippen LogP contribution in [0.5, 0.6) is 0 Å². The number of hydrogen-bond donors (Lipinski definition) is 1. The van der Waals surface area contributed by atoms with Crippen LogP contribution in [0.4, 0.5) is 17.1 Å². The fourth-order valence-corrected chi connectivity index (χ4v) is 4.92. The Labute approximate surface area is 228 Å².